The summed E-state index contributed by atoms with van der Waals surface area (Å²) < 4.78 is 5.57. The van der Waals surface area contributed by atoms with Crippen LogP contribution in [0.3, 0.4) is 0 Å². The van der Waals surface area contributed by atoms with Gasteiger partial charge in [0.1, 0.15) is 5.75 Å². The lowest BCUT2D eigenvalue weighted by Crippen LogP contribution is -2.49. The second-order valence-corrected chi connectivity index (χ2v) is 11.7. The van der Waals surface area contributed by atoms with E-state index in [9.17, 15) is 9.59 Å². The molecule has 0 bridgehead atoms. The van der Waals surface area contributed by atoms with Crippen molar-refractivity contribution in [1.82, 2.24) is 20.9 Å². The molecule has 0 aromatic heterocycles. The number of ether oxygens (including phenoxy) is 1. The van der Waals surface area contributed by atoms with Crippen LogP contribution in [-0.4, -0.2) is 75.1 Å². The van der Waals surface area contributed by atoms with Gasteiger partial charge < -0.3 is 31.3 Å². The Bertz CT molecular complexity index is 1590. The van der Waals surface area contributed by atoms with Gasteiger partial charge in [-0.25, -0.2) is 0 Å². The smallest absolute Gasteiger partial charge is 0.255 e. The van der Waals surface area contributed by atoms with Crippen molar-refractivity contribution in [2.45, 2.75) is 37.3 Å². The van der Waals surface area contributed by atoms with Crippen LogP contribution >= 0.6 is 0 Å². The Morgan fingerprint density at radius 2 is 1.61 bits per heavy atom. The number of nitrogens with two attached hydrogens (primary N) is 1. The number of rotatable bonds is 12. The van der Waals surface area contributed by atoms with E-state index in [1.54, 1.807) is 14.2 Å². The van der Waals surface area contributed by atoms with Gasteiger partial charge in [-0.1, -0.05) is 84.9 Å². The first-order valence-electron chi connectivity index (χ1n) is 15.9. The quantitative estimate of drug-likeness (QED) is 0.107. The molecule has 0 spiro atoms. The van der Waals surface area contributed by atoms with Crippen molar-refractivity contribution in [2.24, 2.45) is 10.7 Å². The summed E-state index contributed by atoms with van der Waals surface area (Å²) in [4.78, 5) is 33.5. The zero-order valence-electron chi connectivity index (χ0n) is 26.6. The molecule has 46 heavy (non-hydrogen) atoms. The molecule has 1 aliphatic rings. The first-order chi connectivity index (χ1) is 22.5. The van der Waals surface area contributed by atoms with Crippen molar-refractivity contribution in [3.05, 3.63) is 114 Å². The lowest BCUT2D eigenvalue weighted by atomic mass is 9.90. The maximum Gasteiger partial charge on any atom is 0.255 e. The van der Waals surface area contributed by atoms with E-state index in [0.717, 1.165) is 17.2 Å². The maximum atomic E-state index is 14.1. The fraction of sp³-hybridized carbons (Fsp3) is 0.324. The Balaban J connectivity index is 1.33. The number of methoxy groups -OCH3 is 1. The van der Waals surface area contributed by atoms with E-state index in [-0.39, 0.29) is 23.8 Å². The molecule has 2 unspecified atom stereocenters. The summed E-state index contributed by atoms with van der Waals surface area (Å²) in [6.07, 6.45) is 2.03. The second kappa shape index (κ2) is 15.9. The zero-order valence-corrected chi connectivity index (χ0v) is 26.6. The van der Waals surface area contributed by atoms with Gasteiger partial charge in [0, 0.05) is 45.2 Å². The molecule has 4 aromatic rings. The summed E-state index contributed by atoms with van der Waals surface area (Å²) in [6.45, 7) is 2.12. The molecular weight excluding hydrogens is 576 g/mol. The third-order valence-electron chi connectivity index (χ3n) is 8.64. The summed E-state index contributed by atoms with van der Waals surface area (Å²) in [6, 6.07) is 31.8. The minimum absolute atomic E-state index is 0.0332. The monoisotopic (exact) mass is 620 g/mol. The van der Waals surface area contributed by atoms with Crippen LogP contribution < -0.4 is 26.4 Å². The molecule has 0 radical (unpaired) electrons. The van der Waals surface area contributed by atoms with Crippen LogP contribution in [0.1, 0.15) is 46.7 Å². The van der Waals surface area contributed by atoms with Gasteiger partial charge in [-0.05, 0) is 53.3 Å². The summed E-state index contributed by atoms with van der Waals surface area (Å²) in [7, 11) is 3.21. The Morgan fingerprint density at radius 1 is 0.978 bits per heavy atom. The lowest BCUT2D eigenvalue weighted by Gasteiger charge is -2.29. The molecule has 5 rings (SSSR count). The van der Waals surface area contributed by atoms with Crippen molar-refractivity contribution < 1.29 is 14.3 Å². The predicted octanol–water partition coefficient (Wildman–Crippen LogP) is 4.28. The van der Waals surface area contributed by atoms with Gasteiger partial charge in [0.25, 0.3) is 5.91 Å². The van der Waals surface area contributed by atoms with Gasteiger partial charge >= 0.3 is 0 Å². The Kier molecular flexibility index (Phi) is 11.2. The number of guanidine groups is 1. The Labute approximate surface area is 271 Å². The maximum absolute atomic E-state index is 14.1. The highest BCUT2D eigenvalue weighted by Gasteiger charge is 2.32. The molecule has 2 atom stereocenters. The predicted molar refractivity (Wildman–Crippen MR) is 184 cm³/mol. The molecule has 1 aliphatic heterocycles. The van der Waals surface area contributed by atoms with Crippen molar-refractivity contribution in [3.8, 4) is 5.75 Å². The fourth-order valence-electron chi connectivity index (χ4n) is 6.10. The summed E-state index contributed by atoms with van der Waals surface area (Å²) in [5.41, 5.74) is 8.64. The fourth-order valence-corrected chi connectivity index (χ4v) is 6.10. The van der Waals surface area contributed by atoms with E-state index in [0.29, 0.717) is 56.3 Å². The molecular formula is C37H44N6O3. The van der Waals surface area contributed by atoms with Gasteiger partial charge in [0.2, 0.25) is 5.91 Å². The average Bonchev–Trinajstić information content (AvgIpc) is 3.25. The van der Waals surface area contributed by atoms with Gasteiger partial charge in [-0.15, -0.1) is 0 Å². The van der Waals surface area contributed by atoms with Gasteiger partial charge in [0.15, 0.2) is 5.96 Å². The highest BCUT2D eigenvalue weighted by atomic mass is 16.5. The largest absolute Gasteiger partial charge is 0.496 e. The van der Waals surface area contributed by atoms with Crippen LogP contribution in [0.25, 0.3) is 10.8 Å². The number of nitrogens with one attached hydrogen (secondary N) is 3. The molecule has 9 heteroatoms. The number of aliphatic imine (C=N–C) groups is 1. The lowest BCUT2D eigenvalue weighted by molar-refractivity contribution is -0.133. The van der Waals surface area contributed by atoms with Crippen LogP contribution in [-0.2, 0) is 4.79 Å². The molecule has 0 aliphatic carbocycles. The van der Waals surface area contributed by atoms with Crippen LogP contribution in [0.5, 0.6) is 5.75 Å². The number of fused-ring (bicyclic) bond motifs is 1. The van der Waals surface area contributed by atoms with Crippen LogP contribution in [0.15, 0.2) is 102 Å². The van der Waals surface area contributed by atoms with Crippen molar-refractivity contribution in [3.63, 3.8) is 0 Å². The molecule has 0 saturated carbocycles. The molecule has 2 amide bonds. The van der Waals surface area contributed by atoms with Crippen LogP contribution in [0.4, 0.5) is 0 Å². The normalized spacial score (nSPS) is 17.2. The van der Waals surface area contributed by atoms with Crippen molar-refractivity contribution >= 4 is 28.5 Å². The third-order valence-corrected chi connectivity index (χ3v) is 8.64. The molecule has 9 nitrogen and oxygen atoms in total. The Morgan fingerprint density at radius 3 is 2.24 bits per heavy atom. The summed E-state index contributed by atoms with van der Waals surface area (Å²) >= 11 is 0. The molecule has 1 saturated heterocycles. The number of hydrogen-bond acceptors (Lipinski definition) is 5. The van der Waals surface area contributed by atoms with Gasteiger partial charge in [-0.2, -0.15) is 0 Å². The second-order valence-electron chi connectivity index (χ2n) is 11.7. The number of amides is 2. The number of nitrogens with zero attached hydrogens (tertiary/aromatic N) is 2. The molecule has 1 fully saturated rings. The van der Waals surface area contributed by atoms with Crippen molar-refractivity contribution in [1.29, 1.82) is 0 Å². The van der Waals surface area contributed by atoms with Gasteiger partial charge in [-0.3, -0.25) is 14.6 Å². The summed E-state index contributed by atoms with van der Waals surface area (Å²) in [5.74, 6) is 0.796. The number of benzene rings is 4. The molecule has 5 N–H and O–H groups in total. The van der Waals surface area contributed by atoms with Crippen LogP contribution in [0.2, 0.25) is 0 Å². The van der Waals surface area contributed by atoms with Crippen LogP contribution in [0, 0.1) is 0 Å². The topological polar surface area (TPSA) is 121 Å². The SMILES string of the molecule is CN=C(N)NCCCC1NC(CNC(=O)c2cc3ccccc3cc2OC)CCN(CC(c2ccccc2)c2ccccc2)C1=O. The van der Waals surface area contributed by atoms with E-state index < -0.39 is 6.04 Å². The minimum atomic E-state index is -0.409. The van der Waals surface area contributed by atoms with E-state index in [1.807, 2.05) is 77.7 Å². The highest BCUT2D eigenvalue weighted by molar-refractivity contribution is 6.01. The average molecular weight is 621 g/mol. The van der Waals surface area contributed by atoms with Gasteiger partial charge in [0.05, 0.1) is 18.7 Å². The third kappa shape index (κ3) is 8.22. The standard InChI is InChI=1S/C37H44N6O3/c1-39-37(38)40-20-11-18-33-36(45)43(25-32(26-12-5-3-6-13-26)27-14-7-4-8-15-27)21-19-30(42-33)24-41-35(44)31-22-28-16-9-10-17-29(28)23-34(31)46-2/h3-10,12-17,22-23,30,32-33,42H,11,18-21,24-25H2,1-2H3,(H,41,44)(H3,38,39,40). The number of carbonyl (C=O) groups is 2. The minimum Gasteiger partial charge on any atom is -0.496 e. The van der Waals surface area contributed by atoms with E-state index in [4.69, 9.17) is 10.5 Å². The molecule has 240 valence electrons. The number of carbonyl (C=O) groups excluding carboxylic acids is 2. The highest BCUT2D eigenvalue weighted by Crippen LogP contribution is 2.28. The first-order valence-corrected chi connectivity index (χ1v) is 15.9. The zero-order chi connectivity index (χ0) is 32.3. The number of hydrogen-bond donors (Lipinski definition) is 4. The van der Waals surface area contributed by atoms with Crippen molar-refractivity contribution in [2.75, 3.05) is 40.3 Å². The Hall–Kier alpha value is -4.89. The first kappa shape index (κ1) is 32.5. The summed E-state index contributed by atoms with van der Waals surface area (Å²) in [5, 5.41) is 11.8. The van der Waals surface area contributed by atoms with E-state index in [2.05, 4.69) is 45.2 Å². The molecule has 4 aromatic carbocycles. The van der Waals surface area contributed by atoms with E-state index >= 15 is 0 Å². The van der Waals surface area contributed by atoms with E-state index in [1.165, 1.54) is 11.1 Å². The molecule has 1 heterocycles.